The minimum atomic E-state index is -0.968. The molecule has 4 N–H and O–H groups in total. The van der Waals surface area contributed by atoms with E-state index < -0.39 is 5.97 Å². The summed E-state index contributed by atoms with van der Waals surface area (Å²) in [6.07, 6.45) is 1.58. The van der Waals surface area contributed by atoms with Gasteiger partial charge in [0.1, 0.15) is 0 Å². The summed E-state index contributed by atoms with van der Waals surface area (Å²) in [5.41, 5.74) is 2.42. The van der Waals surface area contributed by atoms with Crippen LogP contribution in [0.5, 0.6) is 0 Å². The molecule has 0 radical (unpaired) electrons. The second-order valence-electron chi connectivity index (χ2n) is 4.21. The molecule has 0 atom stereocenters. The minimum Gasteiger partial charge on any atom is -0.478 e. The van der Waals surface area contributed by atoms with Crippen molar-refractivity contribution in [2.24, 2.45) is 0 Å². The van der Waals surface area contributed by atoms with Crippen LogP contribution in [-0.4, -0.2) is 26.0 Å². The molecule has 0 amide bonds. The lowest BCUT2D eigenvalue weighted by Crippen LogP contribution is -1.99. The number of nitrogens with zero attached hydrogens (tertiary/aromatic N) is 1. The molecule has 7 heteroatoms. The second-order valence-corrected chi connectivity index (χ2v) is 4.21. The molecular formula is C13H10N4O3. The lowest BCUT2D eigenvalue weighted by atomic mass is 10.2. The van der Waals surface area contributed by atoms with Gasteiger partial charge in [0.15, 0.2) is 5.65 Å². The van der Waals surface area contributed by atoms with Crippen molar-refractivity contribution in [3.8, 4) is 0 Å². The smallest absolute Gasteiger partial charge is 0.335 e. The Morgan fingerprint density at radius 3 is 2.60 bits per heavy atom. The third kappa shape index (κ3) is 2.24. The highest BCUT2D eigenvalue weighted by molar-refractivity contribution is 5.88. The van der Waals surface area contributed by atoms with E-state index in [0.29, 0.717) is 16.9 Å². The highest BCUT2D eigenvalue weighted by Crippen LogP contribution is 2.18. The van der Waals surface area contributed by atoms with Gasteiger partial charge in [0, 0.05) is 5.69 Å². The maximum Gasteiger partial charge on any atom is 0.335 e. The first kappa shape index (κ1) is 12.0. The highest BCUT2D eigenvalue weighted by Gasteiger charge is 2.04. The molecule has 0 aliphatic heterocycles. The van der Waals surface area contributed by atoms with Crippen molar-refractivity contribution < 1.29 is 9.90 Å². The number of aromatic carboxylic acids is 1. The van der Waals surface area contributed by atoms with Gasteiger partial charge in [0.25, 0.3) is 0 Å². The molecule has 1 aromatic carbocycles. The molecule has 3 rings (SSSR count). The highest BCUT2D eigenvalue weighted by atomic mass is 16.4. The first-order valence-electron chi connectivity index (χ1n) is 5.80. The summed E-state index contributed by atoms with van der Waals surface area (Å²) in [5.74, 6) is -0.968. The fourth-order valence-electron chi connectivity index (χ4n) is 1.85. The number of hydrogen-bond acceptors (Lipinski definition) is 4. The average molecular weight is 270 g/mol. The van der Waals surface area contributed by atoms with E-state index in [1.54, 1.807) is 24.4 Å². The van der Waals surface area contributed by atoms with Crippen molar-refractivity contribution in [1.82, 2.24) is 15.0 Å². The fourth-order valence-corrected chi connectivity index (χ4v) is 1.85. The summed E-state index contributed by atoms with van der Waals surface area (Å²) in [6, 6.07) is 8.08. The maximum atomic E-state index is 11.1. The molecule has 7 nitrogen and oxygen atoms in total. The zero-order valence-electron chi connectivity index (χ0n) is 10.2. The summed E-state index contributed by atoms with van der Waals surface area (Å²) in [5, 5.41) is 11.9. The number of imidazole rings is 1. The summed E-state index contributed by atoms with van der Waals surface area (Å²) >= 11 is 0. The molecule has 0 aliphatic carbocycles. The molecule has 0 fully saturated rings. The molecule has 100 valence electrons. The lowest BCUT2D eigenvalue weighted by Gasteiger charge is -2.06. The van der Waals surface area contributed by atoms with Crippen LogP contribution >= 0.6 is 0 Å². The number of hydrogen-bond donors (Lipinski definition) is 4. The summed E-state index contributed by atoms with van der Waals surface area (Å²) in [4.78, 5) is 31.2. The number of nitrogens with one attached hydrogen (secondary N) is 3. The van der Waals surface area contributed by atoms with Crippen molar-refractivity contribution in [3.63, 3.8) is 0 Å². The molecule has 20 heavy (non-hydrogen) atoms. The minimum absolute atomic E-state index is 0.221. The Hall–Kier alpha value is -3.09. The first-order valence-corrected chi connectivity index (χ1v) is 5.80. The Balaban J connectivity index is 1.88. The van der Waals surface area contributed by atoms with Gasteiger partial charge in [0.2, 0.25) is 0 Å². The quantitative estimate of drug-likeness (QED) is 0.578. The van der Waals surface area contributed by atoms with E-state index in [4.69, 9.17) is 5.11 Å². The number of carbonyl (C=O) groups is 1. The van der Waals surface area contributed by atoms with E-state index in [-0.39, 0.29) is 11.3 Å². The van der Waals surface area contributed by atoms with Crippen molar-refractivity contribution in [2.75, 3.05) is 5.32 Å². The SMILES string of the molecule is O=C(O)c1ccc(Nc2cnc3[nH]c(=O)[nH]c3c2)cc1. The second kappa shape index (κ2) is 4.54. The van der Waals surface area contributed by atoms with Crippen LogP contribution in [0.3, 0.4) is 0 Å². The zero-order valence-corrected chi connectivity index (χ0v) is 10.2. The number of H-pyrrole nitrogens is 2. The molecule has 0 saturated heterocycles. The zero-order chi connectivity index (χ0) is 14.1. The molecule has 0 saturated carbocycles. The lowest BCUT2D eigenvalue weighted by molar-refractivity contribution is 0.0697. The average Bonchev–Trinajstić information content (AvgIpc) is 2.78. The molecule has 2 heterocycles. The number of aromatic nitrogens is 3. The summed E-state index contributed by atoms with van der Waals surface area (Å²) in [7, 11) is 0. The molecule has 0 bridgehead atoms. The Labute approximate surface area is 112 Å². The maximum absolute atomic E-state index is 11.1. The number of carboxylic acids is 1. The molecule has 2 aromatic heterocycles. The normalized spacial score (nSPS) is 10.6. The number of benzene rings is 1. The van der Waals surface area contributed by atoms with Crippen LogP contribution < -0.4 is 11.0 Å². The predicted octanol–water partition coefficient (Wildman–Crippen LogP) is 1.69. The first-order chi connectivity index (χ1) is 9.61. The Morgan fingerprint density at radius 1 is 1.15 bits per heavy atom. The van der Waals surface area contributed by atoms with Crippen LogP contribution in [0.2, 0.25) is 0 Å². The Kier molecular flexibility index (Phi) is 2.72. The van der Waals surface area contributed by atoms with Crippen molar-refractivity contribution in [3.05, 3.63) is 52.6 Å². The van der Waals surface area contributed by atoms with Gasteiger partial charge in [-0.2, -0.15) is 0 Å². The third-order valence-electron chi connectivity index (χ3n) is 2.79. The van der Waals surface area contributed by atoms with Gasteiger partial charge in [-0.3, -0.25) is 4.98 Å². The molecular weight excluding hydrogens is 260 g/mol. The van der Waals surface area contributed by atoms with Crippen LogP contribution in [0.4, 0.5) is 11.4 Å². The Morgan fingerprint density at radius 2 is 1.90 bits per heavy atom. The van der Waals surface area contributed by atoms with Gasteiger partial charge in [-0.25, -0.2) is 14.6 Å². The van der Waals surface area contributed by atoms with Gasteiger partial charge in [-0.1, -0.05) is 0 Å². The van der Waals surface area contributed by atoms with Gasteiger partial charge >= 0.3 is 11.7 Å². The van der Waals surface area contributed by atoms with Crippen LogP contribution in [-0.2, 0) is 0 Å². The third-order valence-corrected chi connectivity index (χ3v) is 2.79. The topological polar surface area (TPSA) is 111 Å². The monoisotopic (exact) mass is 270 g/mol. The van der Waals surface area contributed by atoms with Gasteiger partial charge < -0.3 is 15.4 Å². The number of fused-ring (bicyclic) bond motifs is 1. The van der Waals surface area contributed by atoms with Crippen LogP contribution in [0.15, 0.2) is 41.3 Å². The van der Waals surface area contributed by atoms with E-state index in [1.807, 2.05) is 0 Å². The largest absolute Gasteiger partial charge is 0.478 e. The van der Waals surface area contributed by atoms with E-state index in [1.165, 1.54) is 12.1 Å². The van der Waals surface area contributed by atoms with E-state index in [9.17, 15) is 9.59 Å². The number of rotatable bonds is 3. The number of anilines is 2. The van der Waals surface area contributed by atoms with Gasteiger partial charge in [-0.05, 0) is 30.3 Å². The van der Waals surface area contributed by atoms with Crippen LogP contribution in [0.1, 0.15) is 10.4 Å². The number of carboxylic acid groups (broad SMARTS) is 1. The fraction of sp³-hybridized carbons (Fsp3) is 0. The van der Waals surface area contributed by atoms with Gasteiger partial charge in [-0.15, -0.1) is 0 Å². The van der Waals surface area contributed by atoms with E-state index in [0.717, 1.165) is 5.69 Å². The van der Waals surface area contributed by atoms with E-state index >= 15 is 0 Å². The Bertz CT molecular complexity index is 833. The molecule has 0 spiro atoms. The van der Waals surface area contributed by atoms with E-state index in [2.05, 4.69) is 20.3 Å². The van der Waals surface area contributed by atoms with Crippen molar-refractivity contribution in [1.29, 1.82) is 0 Å². The van der Waals surface area contributed by atoms with Gasteiger partial charge in [0.05, 0.1) is 23.0 Å². The summed E-state index contributed by atoms with van der Waals surface area (Å²) in [6.45, 7) is 0. The summed E-state index contributed by atoms with van der Waals surface area (Å²) < 4.78 is 0. The van der Waals surface area contributed by atoms with Crippen molar-refractivity contribution >= 4 is 28.5 Å². The molecule has 0 unspecified atom stereocenters. The van der Waals surface area contributed by atoms with Crippen LogP contribution in [0, 0.1) is 0 Å². The number of aromatic amines is 2. The standard InChI is InChI=1S/C13H10N4O3/c18-12(19)7-1-3-8(4-2-7)15-9-5-10-11(14-6-9)17-13(20)16-10/h1-6,15H,(H,18,19)(H2,14,16,17,20). The predicted molar refractivity (Wildman–Crippen MR) is 73.4 cm³/mol. The molecule has 3 aromatic rings. The number of pyridine rings is 1. The van der Waals surface area contributed by atoms with Crippen LogP contribution in [0.25, 0.3) is 11.2 Å². The molecule has 0 aliphatic rings. The van der Waals surface area contributed by atoms with Crippen molar-refractivity contribution in [2.45, 2.75) is 0 Å².